The number of nitrogens with zero attached hydrogens (tertiary/aromatic N) is 2. The summed E-state index contributed by atoms with van der Waals surface area (Å²) in [7, 11) is 0. The second kappa shape index (κ2) is 5.15. The van der Waals surface area contributed by atoms with Crippen molar-refractivity contribution in [1.29, 1.82) is 0 Å². The van der Waals surface area contributed by atoms with Gasteiger partial charge >= 0.3 is 0 Å². The normalized spacial score (nSPS) is 17.3. The minimum Gasteiger partial charge on any atom is -0.508 e. The molecule has 1 heterocycles. The molecule has 0 aromatic heterocycles. The Labute approximate surface area is 123 Å². The van der Waals surface area contributed by atoms with Crippen LogP contribution < -0.4 is 10.3 Å². The van der Waals surface area contributed by atoms with Crippen LogP contribution in [0.4, 0.5) is 14.5 Å². The lowest BCUT2D eigenvalue weighted by Crippen LogP contribution is -2.41. The van der Waals surface area contributed by atoms with E-state index in [9.17, 15) is 24.1 Å². The highest BCUT2D eigenvalue weighted by atomic mass is 19.2. The first-order chi connectivity index (χ1) is 10.5. The van der Waals surface area contributed by atoms with Crippen LogP contribution in [0.25, 0.3) is 0 Å². The van der Waals surface area contributed by atoms with E-state index in [2.05, 4.69) is 10.5 Å². The van der Waals surface area contributed by atoms with Crippen molar-refractivity contribution in [3.63, 3.8) is 0 Å². The maximum atomic E-state index is 14.0. The summed E-state index contributed by atoms with van der Waals surface area (Å²) in [5.74, 6) is -2.75. The van der Waals surface area contributed by atoms with Crippen molar-refractivity contribution in [2.75, 3.05) is 4.90 Å². The number of aliphatic hydroxyl groups excluding tert-OH is 1. The van der Waals surface area contributed by atoms with Crippen LogP contribution in [0.1, 0.15) is 5.56 Å². The zero-order valence-electron chi connectivity index (χ0n) is 11.0. The lowest BCUT2D eigenvalue weighted by Gasteiger charge is -2.24. The number of anilines is 1. The second-order valence-corrected chi connectivity index (χ2v) is 4.58. The number of hydrazone groups is 1. The van der Waals surface area contributed by atoms with Gasteiger partial charge in [0, 0.05) is 6.07 Å². The number of nitrogens with one attached hydrogen (secondary N) is 1. The van der Waals surface area contributed by atoms with E-state index in [0.717, 1.165) is 17.0 Å². The average molecular weight is 307 g/mol. The molecule has 2 aromatic rings. The van der Waals surface area contributed by atoms with Crippen LogP contribution >= 0.6 is 0 Å². The molecule has 6 nitrogen and oxygen atoms in total. The third-order valence-corrected chi connectivity index (χ3v) is 3.17. The van der Waals surface area contributed by atoms with Gasteiger partial charge in [-0.1, -0.05) is 6.07 Å². The van der Waals surface area contributed by atoms with Gasteiger partial charge in [-0.05, 0) is 24.3 Å². The molecule has 8 heteroatoms. The first kappa shape index (κ1) is 14.1. The molecule has 0 aliphatic carbocycles. The molecule has 114 valence electrons. The van der Waals surface area contributed by atoms with Gasteiger partial charge in [0.25, 0.3) is 0 Å². The van der Waals surface area contributed by atoms with Crippen molar-refractivity contribution in [2.45, 2.75) is 6.35 Å². The van der Waals surface area contributed by atoms with Gasteiger partial charge in [-0.2, -0.15) is 5.10 Å². The maximum Gasteiger partial charge on any atom is 0.226 e. The van der Waals surface area contributed by atoms with Gasteiger partial charge in [0.15, 0.2) is 17.5 Å². The number of halogens is 2. The van der Waals surface area contributed by atoms with Crippen LogP contribution in [-0.4, -0.2) is 27.5 Å². The van der Waals surface area contributed by atoms with E-state index < -0.39 is 18.0 Å². The van der Waals surface area contributed by atoms with Crippen molar-refractivity contribution in [3.8, 4) is 11.5 Å². The van der Waals surface area contributed by atoms with E-state index in [4.69, 9.17) is 0 Å². The van der Waals surface area contributed by atoms with E-state index in [1.54, 1.807) is 0 Å². The molecule has 0 spiro atoms. The van der Waals surface area contributed by atoms with Crippen molar-refractivity contribution < 1.29 is 24.1 Å². The first-order valence-corrected chi connectivity index (χ1v) is 6.26. The number of rotatable bonds is 2. The van der Waals surface area contributed by atoms with Gasteiger partial charge in [0.05, 0.1) is 11.3 Å². The summed E-state index contributed by atoms with van der Waals surface area (Å²) >= 11 is 0. The van der Waals surface area contributed by atoms with Crippen molar-refractivity contribution in [1.82, 2.24) is 5.43 Å². The molecule has 0 radical (unpaired) electrons. The average Bonchev–Trinajstić information content (AvgIpc) is 2.84. The lowest BCUT2D eigenvalue weighted by molar-refractivity contribution is 0.158. The van der Waals surface area contributed by atoms with Crippen LogP contribution in [0.15, 0.2) is 41.5 Å². The Kier molecular flexibility index (Phi) is 3.30. The molecule has 1 aliphatic rings. The van der Waals surface area contributed by atoms with E-state index in [1.807, 2.05) is 0 Å². The van der Waals surface area contributed by atoms with Gasteiger partial charge in [0.2, 0.25) is 6.35 Å². The standard InChI is InChI=1S/C14H11F2N3O3/c15-9-2-1-3-10(12(9)16)19-13(17-18-14(19)22)8-5-4-7(20)6-11(8)21/h1-6,14,18,20-22H. The number of amidine groups is 1. The zero-order valence-corrected chi connectivity index (χ0v) is 11.0. The van der Waals surface area contributed by atoms with Gasteiger partial charge in [0.1, 0.15) is 11.5 Å². The van der Waals surface area contributed by atoms with Gasteiger partial charge in [-0.15, -0.1) is 0 Å². The minimum absolute atomic E-state index is 0.0190. The summed E-state index contributed by atoms with van der Waals surface area (Å²) in [4.78, 5) is 0.991. The molecule has 0 bridgehead atoms. The monoisotopic (exact) mass is 307 g/mol. The Bertz CT molecular complexity index is 767. The molecular formula is C14H11F2N3O3. The highest BCUT2D eigenvalue weighted by Crippen LogP contribution is 2.30. The Morgan fingerprint density at radius 3 is 2.64 bits per heavy atom. The third-order valence-electron chi connectivity index (χ3n) is 3.17. The number of aliphatic hydroxyl groups is 1. The number of benzene rings is 2. The Hall–Kier alpha value is -2.87. The summed E-state index contributed by atoms with van der Waals surface area (Å²) in [6.45, 7) is 0. The van der Waals surface area contributed by atoms with Gasteiger partial charge in [-0.3, -0.25) is 10.3 Å². The van der Waals surface area contributed by atoms with Crippen LogP contribution in [0.5, 0.6) is 11.5 Å². The Morgan fingerprint density at radius 2 is 1.91 bits per heavy atom. The van der Waals surface area contributed by atoms with Gasteiger partial charge in [-0.25, -0.2) is 8.78 Å². The number of phenols is 2. The third kappa shape index (κ3) is 2.19. The smallest absolute Gasteiger partial charge is 0.226 e. The molecule has 3 rings (SSSR count). The Morgan fingerprint density at radius 1 is 1.14 bits per heavy atom. The van der Waals surface area contributed by atoms with Crippen LogP contribution in [0.3, 0.4) is 0 Å². The minimum atomic E-state index is -1.43. The molecular weight excluding hydrogens is 296 g/mol. The fourth-order valence-corrected chi connectivity index (χ4v) is 2.17. The highest BCUT2D eigenvalue weighted by molar-refractivity contribution is 6.12. The van der Waals surface area contributed by atoms with Crippen molar-refractivity contribution in [2.24, 2.45) is 5.10 Å². The van der Waals surface area contributed by atoms with Crippen molar-refractivity contribution in [3.05, 3.63) is 53.6 Å². The largest absolute Gasteiger partial charge is 0.508 e. The van der Waals surface area contributed by atoms with Crippen molar-refractivity contribution >= 4 is 11.5 Å². The predicted octanol–water partition coefficient (Wildman–Crippen LogP) is 1.42. The summed E-state index contributed by atoms with van der Waals surface area (Å²) in [6, 6.07) is 7.21. The topological polar surface area (TPSA) is 88.3 Å². The maximum absolute atomic E-state index is 14.0. The molecule has 0 fully saturated rings. The van der Waals surface area contributed by atoms with E-state index in [1.165, 1.54) is 24.3 Å². The van der Waals surface area contributed by atoms with Crippen LogP contribution in [0.2, 0.25) is 0 Å². The molecule has 1 aliphatic heterocycles. The molecule has 0 saturated carbocycles. The SMILES string of the molecule is Oc1ccc(C2=NNC(O)N2c2cccc(F)c2F)c(O)c1. The zero-order chi connectivity index (χ0) is 15.9. The fourth-order valence-electron chi connectivity index (χ4n) is 2.17. The quantitative estimate of drug-likeness (QED) is 0.674. The molecule has 2 aromatic carbocycles. The fraction of sp³-hybridized carbons (Fsp3) is 0.0714. The molecule has 22 heavy (non-hydrogen) atoms. The number of aromatic hydroxyl groups is 2. The second-order valence-electron chi connectivity index (χ2n) is 4.58. The number of phenolic OH excluding ortho intramolecular Hbond substituents is 2. The van der Waals surface area contributed by atoms with Crippen LogP contribution in [0, 0.1) is 11.6 Å². The highest BCUT2D eigenvalue weighted by Gasteiger charge is 2.32. The number of hydrogen-bond donors (Lipinski definition) is 4. The van der Waals surface area contributed by atoms with E-state index in [0.29, 0.717) is 0 Å². The first-order valence-electron chi connectivity index (χ1n) is 6.26. The number of hydrogen-bond acceptors (Lipinski definition) is 6. The predicted molar refractivity (Wildman–Crippen MR) is 74.3 cm³/mol. The Balaban J connectivity index is 2.10. The summed E-state index contributed by atoms with van der Waals surface area (Å²) in [5, 5.41) is 32.9. The molecule has 4 N–H and O–H groups in total. The summed E-state index contributed by atoms with van der Waals surface area (Å²) < 4.78 is 27.4. The van der Waals surface area contributed by atoms with Gasteiger partial charge < -0.3 is 15.3 Å². The van der Waals surface area contributed by atoms with E-state index in [-0.39, 0.29) is 28.6 Å². The summed E-state index contributed by atoms with van der Waals surface area (Å²) in [6.07, 6.45) is -1.43. The van der Waals surface area contributed by atoms with E-state index >= 15 is 0 Å². The lowest BCUT2D eigenvalue weighted by atomic mass is 10.1. The molecule has 0 saturated heterocycles. The summed E-state index contributed by atoms with van der Waals surface area (Å²) in [5.41, 5.74) is 2.20. The molecule has 1 atom stereocenters. The van der Waals surface area contributed by atoms with Crippen LogP contribution in [-0.2, 0) is 0 Å². The molecule has 0 amide bonds. The molecule has 1 unspecified atom stereocenters.